The Labute approximate surface area is 138 Å². The number of unbranched alkanes of at least 4 members (excludes halogenated alkanes) is 2. The molecule has 2 rings (SSSR count). The molecule has 1 aliphatic carbocycles. The van der Waals surface area contributed by atoms with Gasteiger partial charge in [-0.05, 0) is 43.8 Å². The van der Waals surface area contributed by atoms with Gasteiger partial charge in [0.2, 0.25) is 0 Å². The van der Waals surface area contributed by atoms with Gasteiger partial charge < -0.3 is 0 Å². The van der Waals surface area contributed by atoms with Crippen LogP contribution >= 0.6 is 11.6 Å². The van der Waals surface area contributed by atoms with Crippen LogP contribution in [0.4, 0.5) is 4.39 Å². The minimum absolute atomic E-state index is 0.114. The third kappa shape index (κ3) is 4.01. The van der Waals surface area contributed by atoms with Crippen molar-refractivity contribution in [1.82, 2.24) is 9.78 Å². The van der Waals surface area contributed by atoms with E-state index in [0.29, 0.717) is 22.5 Å². The number of rotatable bonds is 8. The van der Waals surface area contributed by atoms with Gasteiger partial charge in [0.1, 0.15) is 10.9 Å². The fourth-order valence-corrected chi connectivity index (χ4v) is 2.96. The molecule has 1 aromatic rings. The first kappa shape index (κ1) is 17.3. The van der Waals surface area contributed by atoms with E-state index in [1.807, 2.05) is 13.0 Å². The van der Waals surface area contributed by atoms with Crippen LogP contribution in [0.25, 0.3) is 5.16 Å². The summed E-state index contributed by atoms with van der Waals surface area (Å²) in [6, 6.07) is 0. The number of nitrogens with zero attached hydrogens (tertiary/aromatic N) is 2. The highest BCUT2D eigenvalue weighted by Crippen LogP contribution is 2.37. The molecule has 0 saturated heterocycles. The molecule has 1 saturated carbocycles. The van der Waals surface area contributed by atoms with Gasteiger partial charge in [-0.3, -0.25) is 0 Å². The van der Waals surface area contributed by atoms with Crippen molar-refractivity contribution in [3.8, 4) is 0 Å². The van der Waals surface area contributed by atoms with Crippen LogP contribution in [0, 0.1) is 18.7 Å². The van der Waals surface area contributed by atoms with Gasteiger partial charge in [0, 0.05) is 5.92 Å². The van der Waals surface area contributed by atoms with Gasteiger partial charge >= 0.3 is 0 Å². The van der Waals surface area contributed by atoms with Gasteiger partial charge in [0.25, 0.3) is 0 Å². The first-order valence-electron chi connectivity index (χ1n) is 8.27. The summed E-state index contributed by atoms with van der Waals surface area (Å²) in [6.07, 6.45) is 8.57. The van der Waals surface area contributed by atoms with Gasteiger partial charge in [-0.15, -0.1) is 0 Å². The van der Waals surface area contributed by atoms with Gasteiger partial charge in [0.05, 0.1) is 5.69 Å². The molecule has 0 aromatic carbocycles. The van der Waals surface area contributed by atoms with Gasteiger partial charge in [0.15, 0.2) is 5.82 Å². The van der Waals surface area contributed by atoms with Crippen molar-refractivity contribution in [2.45, 2.75) is 65.2 Å². The second kappa shape index (κ2) is 7.45. The molecular formula is C18H26ClFN2. The highest BCUT2D eigenvalue weighted by Gasteiger charge is 2.25. The fourth-order valence-electron chi connectivity index (χ4n) is 2.65. The van der Waals surface area contributed by atoms with E-state index in [1.165, 1.54) is 30.4 Å². The van der Waals surface area contributed by atoms with Crippen molar-refractivity contribution in [2.75, 3.05) is 0 Å². The molecule has 22 heavy (non-hydrogen) atoms. The number of allylic oxidation sites excluding steroid dienone is 2. The minimum atomic E-state index is -0.229. The monoisotopic (exact) mass is 324 g/mol. The minimum Gasteiger partial charge on any atom is -0.223 e. The summed E-state index contributed by atoms with van der Waals surface area (Å²) >= 11 is 6.33. The smallest absolute Gasteiger partial charge is 0.167 e. The lowest BCUT2D eigenvalue weighted by Crippen LogP contribution is -2.00. The molecule has 0 bridgehead atoms. The molecule has 122 valence electrons. The SMILES string of the molecule is C=C(/C=C(/Cl)n1nc(C(C)CCCCC)c(F)c1C)C1CC1. The Morgan fingerprint density at radius 3 is 2.77 bits per heavy atom. The second-order valence-electron chi connectivity index (χ2n) is 6.41. The zero-order valence-corrected chi connectivity index (χ0v) is 14.6. The Morgan fingerprint density at radius 2 is 2.18 bits per heavy atom. The maximum Gasteiger partial charge on any atom is 0.167 e. The fraction of sp³-hybridized carbons (Fsp3) is 0.611. The van der Waals surface area contributed by atoms with E-state index < -0.39 is 0 Å². The van der Waals surface area contributed by atoms with Crippen LogP contribution in [0.3, 0.4) is 0 Å². The molecule has 0 aliphatic heterocycles. The Kier molecular flexibility index (Phi) is 5.85. The summed E-state index contributed by atoms with van der Waals surface area (Å²) in [4.78, 5) is 0. The standard InChI is InChI=1S/C18H26ClFN2/c1-5-6-7-8-12(2)18-17(20)14(4)22(21-18)16(19)11-13(3)15-9-10-15/h11-12,15H,3,5-10H2,1-2,4H3/b16-11-. The summed E-state index contributed by atoms with van der Waals surface area (Å²) in [5.74, 6) is 0.428. The summed E-state index contributed by atoms with van der Waals surface area (Å²) in [7, 11) is 0. The van der Waals surface area contributed by atoms with Crippen LogP contribution in [0.5, 0.6) is 0 Å². The van der Waals surface area contributed by atoms with Crippen LogP contribution in [0.2, 0.25) is 0 Å². The predicted octanol–water partition coefficient (Wildman–Crippen LogP) is 6.02. The normalized spacial score (nSPS) is 16.9. The third-order valence-corrected chi connectivity index (χ3v) is 4.65. The average molecular weight is 325 g/mol. The van der Waals surface area contributed by atoms with E-state index in [0.717, 1.165) is 18.4 Å². The maximum atomic E-state index is 14.5. The number of hydrogen-bond acceptors (Lipinski definition) is 1. The molecule has 0 amide bonds. The molecule has 1 atom stereocenters. The van der Waals surface area contributed by atoms with Crippen LogP contribution in [0.1, 0.15) is 69.7 Å². The number of halogens is 2. The molecular weight excluding hydrogens is 299 g/mol. The lowest BCUT2D eigenvalue weighted by molar-refractivity contribution is 0.542. The largest absolute Gasteiger partial charge is 0.223 e. The predicted molar refractivity (Wildman–Crippen MR) is 91.5 cm³/mol. The van der Waals surface area contributed by atoms with Crippen molar-refractivity contribution in [3.05, 3.63) is 35.4 Å². The zero-order chi connectivity index (χ0) is 16.3. The summed E-state index contributed by atoms with van der Waals surface area (Å²) in [5, 5.41) is 4.85. The second-order valence-corrected chi connectivity index (χ2v) is 6.80. The molecule has 1 fully saturated rings. The molecule has 1 aromatic heterocycles. The molecule has 1 heterocycles. The lowest BCUT2D eigenvalue weighted by atomic mass is 9.99. The topological polar surface area (TPSA) is 17.8 Å². The Hall–Kier alpha value is -1.09. The Morgan fingerprint density at radius 1 is 1.50 bits per heavy atom. The summed E-state index contributed by atoms with van der Waals surface area (Å²) < 4.78 is 16.0. The molecule has 4 heteroatoms. The molecule has 1 unspecified atom stereocenters. The average Bonchev–Trinajstić information content (AvgIpc) is 3.27. The first-order chi connectivity index (χ1) is 10.5. The molecule has 1 aliphatic rings. The maximum absolute atomic E-state index is 14.5. The van der Waals surface area contributed by atoms with E-state index in [4.69, 9.17) is 11.6 Å². The molecule has 0 spiro atoms. The first-order valence-corrected chi connectivity index (χ1v) is 8.64. The van der Waals surface area contributed by atoms with E-state index in [1.54, 1.807) is 6.92 Å². The van der Waals surface area contributed by atoms with E-state index in [9.17, 15) is 4.39 Å². The van der Waals surface area contributed by atoms with Crippen molar-refractivity contribution in [3.63, 3.8) is 0 Å². The van der Waals surface area contributed by atoms with Gasteiger partial charge in [-0.25, -0.2) is 9.07 Å². The molecule has 0 radical (unpaired) electrons. The van der Waals surface area contributed by atoms with E-state index in [-0.39, 0.29) is 11.7 Å². The van der Waals surface area contributed by atoms with Crippen LogP contribution in [-0.4, -0.2) is 9.78 Å². The van der Waals surface area contributed by atoms with E-state index >= 15 is 0 Å². The molecule has 0 N–H and O–H groups in total. The highest BCUT2D eigenvalue weighted by molar-refractivity contribution is 6.45. The van der Waals surface area contributed by atoms with Gasteiger partial charge in [-0.1, -0.05) is 51.3 Å². The van der Waals surface area contributed by atoms with Crippen molar-refractivity contribution in [2.24, 2.45) is 5.92 Å². The van der Waals surface area contributed by atoms with Crippen LogP contribution in [0.15, 0.2) is 18.2 Å². The number of aromatic nitrogens is 2. The van der Waals surface area contributed by atoms with E-state index in [2.05, 4.69) is 18.6 Å². The van der Waals surface area contributed by atoms with Crippen LogP contribution in [-0.2, 0) is 0 Å². The van der Waals surface area contributed by atoms with Crippen LogP contribution < -0.4 is 0 Å². The summed E-state index contributed by atoms with van der Waals surface area (Å²) in [5.41, 5.74) is 2.01. The summed E-state index contributed by atoms with van der Waals surface area (Å²) in [6.45, 7) is 9.95. The van der Waals surface area contributed by atoms with Crippen molar-refractivity contribution >= 4 is 16.8 Å². The molecule has 2 nitrogen and oxygen atoms in total. The third-order valence-electron chi connectivity index (χ3n) is 4.38. The zero-order valence-electron chi connectivity index (χ0n) is 13.8. The van der Waals surface area contributed by atoms with Crippen molar-refractivity contribution < 1.29 is 4.39 Å². The Balaban J connectivity index is 2.15. The van der Waals surface area contributed by atoms with Crippen molar-refractivity contribution in [1.29, 1.82) is 0 Å². The quantitative estimate of drug-likeness (QED) is 0.422. The Bertz CT molecular complexity index is 570. The lowest BCUT2D eigenvalue weighted by Gasteiger charge is -2.08. The van der Waals surface area contributed by atoms with Gasteiger partial charge in [-0.2, -0.15) is 5.10 Å². The number of hydrogen-bond donors (Lipinski definition) is 0. The highest BCUT2D eigenvalue weighted by atomic mass is 35.5.